The monoisotopic (exact) mass is 1720 g/mol. The van der Waals surface area contributed by atoms with Gasteiger partial charge >= 0.3 is 126 Å². The number of amides is 4. The zero-order valence-electron chi connectivity index (χ0n) is 43.6. The summed E-state index contributed by atoms with van der Waals surface area (Å²) < 4.78 is 42.6. The number of halogens is 7. The number of aliphatic hydroxyl groups excluding tert-OH is 1. The van der Waals surface area contributed by atoms with Crippen LogP contribution in [-0.4, -0.2) is 64.8 Å². The molecular formula is C59H59BF2I5N2O9V2. The molecule has 3 saturated heterocycles. The van der Waals surface area contributed by atoms with Crippen molar-refractivity contribution in [3.05, 3.63) is 215 Å². The zero-order valence-corrected chi connectivity index (χ0v) is 57.1. The van der Waals surface area contributed by atoms with E-state index in [0.717, 1.165) is 20.9 Å². The number of Topliss-reactive ketones (excluding diaryl/α,β-unsaturated/α-hetero) is 1. The number of benzene rings is 6. The number of ketones is 1. The molecule has 6 aromatic carbocycles. The second-order valence-electron chi connectivity index (χ2n) is 19.0. The first-order chi connectivity index (χ1) is 38.6. The number of carbonyl (C=O) groups is 5. The van der Waals surface area contributed by atoms with Gasteiger partial charge in [-0.25, -0.2) is 28.2 Å². The standard InChI is InChI=1S/C20H20FNO4.C20H18FNO4.C19H21BO.5HI.2V/c2*21-16-11-9-15(10-12-16)18(23)7-4-8-19(24)22-17(13-26-20(22)25)14-5-2-1-3-6-14;1-20-18-14-8-13-17(18)19(21-20,15-9-4-2-5-10-15)16-11-6-3-7-12-16;;;;;;;/h1-3,5-6,9-12,17-18,23H,4,7-8,13H2;1-3,5-6,9-12,17H,4,7-8,13H2;2-7,9-12,17-18H,8,13-14H2,1H3;5*1H;;/q;;;;;;;;+2;+3/p-5/t17-,18+;17-;17-,18?;;;;;;;/m110......./s1. The fourth-order valence-corrected chi connectivity index (χ4v) is 10.6. The molecule has 0 aromatic heterocycles. The van der Waals surface area contributed by atoms with E-state index in [2.05, 4.69) is 167 Å². The van der Waals surface area contributed by atoms with Crippen molar-refractivity contribution in [1.82, 2.24) is 9.80 Å². The third-order valence-corrected chi connectivity index (χ3v) is 14.2. The first-order valence-electron chi connectivity index (χ1n) is 25.9. The number of ether oxygens (including phenoxy) is 2. The Bertz CT molecular complexity index is 2860. The van der Waals surface area contributed by atoms with Gasteiger partial charge in [-0.05, 0) is 102 Å². The van der Waals surface area contributed by atoms with Crippen LogP contribution in [-0.2, 0) is 43.7 Å². The predicted molar refractivity (Wildman–Crippen MR) is 342 cm³/mol. The second kappa shape index (κ2) is 34.5. The Labute approximate surface area is 534 Å². The summed E-state index contributed by atoms with van der Waals surface area (Å²) in [5, 5.41) is 10.1. The number of nitrogens with zero attached hydrogens (tertiary/aromatic N) is 2. The molecule has 0 bridgehead atoms. The van der Waals surface area contributed by atoms with Crippen molar-refractivity contribution in [2.45, 2.75) is 94.2 Å². The fourth-order valence-electron chi connectivity index (χ4n) is 10.6. The number of carbonyl (C=O) groups excluding carboxylic acids is 5. The molecular weight excluding hydrogens is 1670 g/mol. The summed E-state index contributed by atoms with van der Waals surface area (Å²) in [5.74, 6) is -0.322. The molecule has 4 amide bonds. The van der Waals surface area contributed by atoms with Crippen molar-refractivity contribution in [1.29, 1.82) is 0 Å². The minimum atomic E-state index is -0.779. The van der Waals surface area contributed by atoms with Gasteiger partial charge in [0.25, 0.3) is 6.92 Å². The van der Waals surface area contributed by atoms with Crippen molar-refractivity contribution in [3.63, 3.8) is 0 Å². The van der Waals surface area contributed by atoms with Gasteiger partial charge in [-0.2, -0.15) is 0 Å². The Hall–Kier alpha value is -2.47. The Morgan fingerprint density at radius 1 is 0.650 bits per heavy atom. The van der Waals surface area contributed by atoms with Crippen molar-refractivity contribution in [2.75, 3.05) is 13.2 Å². The molecule has 11 nitrogen and oxygen atoms in total. The van der Waals surface area contributed by atoms with E-state index in [1.54, 1.807) is 0 Å². The molecule has 1 N–H and O–H groups in total. The Morgan fingerprint density at radius 3 is 1.51 bits per heavy atom. The van der Waals surface area contributed by atoms with E-state index in [1.165, 1.54) is 78.9 Å². The summed E-state index contributed by atoms with van der Waals surface area (Å²) in [6.45, 7) is 2.88. The SMILES string of the molecule is CB1OC(c2ccccc2)(c2ccccc2)[C@H]2CCCC12.O=C(CCCC(=O)N1C(=O)OC[C@@H]1c1ccccc1)c1ccc(F)cc1.O=C(CCC[C@H](O)c1ccc(F)cc1)N1C(=O)OC[C@@H]1c1ccccc1.[I][V]([I])[I].[I][V][I]. The molecule has 10 rings (SSSR count). The van der Waals surface area contributed by atoms with E-state index in [-0.39, 0.29) is 66.4 Å². The number of cyclic esters (lactones) is 2. The Balaban J connectivity index is 0.000000183. The molecule has 1 saturated carbocycles. The fraction of sp³-hybridized carbons (Fsp3) is 0.305. The molecule has 4 fully saturated rings. The van der Waals surface area contributed by atoms with Crippen LogP contribution in [0.25, 0.3) is 0 Å². The van der Waals surface area contributed by atoms with Gasteiger partial charge in [0.15, 0.2) is 5.78 Å². The first-order valence-corrected chi connectivity index (χ1v) is 48.4. The first kappa shape index (κ1) is 66.7. The van der Waals surface area contributed by atoms with E-state index in [1.807, 2.05) is 60.7 Å². The third-order valence-electron chi connectivity index (χ3n) is 14.2. The summed E-state index contributed by atoms with van der Waals surface area (Å²) in [7, 11) is 0.628. The van der Waals surface area contributed by atoms with Crippen LogP contribution in [0.2, 0.25) is 12.6 Å². The van der Waals surface area contributed by atoms with E-state index < -0.39 is 36.2 Å². The molecule has 5 atom stereocenters. The molecule has 0 radical (unpaired) electrons. The summed E-state index contributed by atoms with van der Waals surface area (Å²) in [6.07, 6.45) is 3.24. The molecule has 6 aromatic rings. The van der Waals surface area contributed by atoms with Crippen LogP contribution in [0.4, 0.5) is 18.4 Å². The van der Waals surface area contributed by atoms with Crippen molar-refractivity contribution in [2.24, 2.45) is 5.92 Å². The number of imide groups is 2. The molecule has 1 aliphatic carbocycles. The van der Waals surface area contributed by atoms with Crippen molar-refractivity contribution in [3.8, 4) is 0 Å². The normalized spacial score (nSPS) is 18.8. The third kappa shape index (κ3) is 19.0. The van der Waals surface area contributed by atoms with E-state index >= 15 is 0 Å². The number of hydrogen-bond donors (Lipinski definition) is 1. The van der Waals surface area contributed by atoms with Gasteiger partial charge in [0.05, 0.1) is 6.10 Å². The summed E-state index contributed by atoms with van der Waals surface area (Å²) in [4.78, 5) is 62.9. The Morgan fingerprint density at radius 2 is 1.06 bits per heavy atom. The van der Waals surface area contributed by atoms with Gasteiger partial charge in [-0.15, -0.1) is 0 Å². The van der Waals surface area contributed by atoms with Crippen LogP contribution in [0.15, 0.2) is 170 Å². The average molecular weight is 1730 g/mol. The number of rotatable bonds is 14. The number of fused-ring (bicyclic) bond motifs is 1. The molecule has 3 heterocycles. The van der Waals surface area contributed by atoms with Crippen LogP contribution in [0.3, 0.4) is 0 Å². The van der Waals surface area contributed by atoms with Gasteiger partial charge in [0, 0.05) is 24.8 Å². The Kier molecular flexibility index (Phi) is 28.7. The van der Waals surface area contributed by atoms with Gasteiger partial charge in [-0.1, -0.05) is 153 Å². The van der Waals surface area contributed by atoms with Crippen LogP contribution in [0.1, 0.15) is 114 Å². The molecule has 80 heavy (non-hydrogen) atoms. The molecule has 1 unspecified atom stereocenters. The van der Waals surface area contributed by atoms with E-state index in [0.29, 0.717) is 58.5 Å². The average Bonchev–Trinajstić information content (AvgIpc) is 4.28. The van der Waals surface area contributed by atoms with Gasteiger partial charge in [-0.3, -0.25) is 14.4 Å². The van der Waals surface area contributed by atoms with Crippen LogP contribution in [0, 0.1) is 17.6 Å². The molecule has 21 heteroatoms. The number of hydrogen-bond acceptors (Lipinski definition) is 9. The molecule has 4 aliphatic rings. The van der Waals surface area contributed by atoms with Crippen molar-refractivity contribution < 1.29 is 66.4 Å². The zero-order chi connectivity index (χ0) is 57.6. The number of aliphatic hydroxyl groups is 1. The summed E-state index contributed by atoms with van der Waals surface area (Å²) in [5.41, 5.74) is 5.06. The van der Waals surface area contributed by atoms with Crippen molar-refractivity contribution >= 4 is 137 Å². The topological polar surface area (TPSA) is 140 Å². The second-order valence-corrected chi connectivity index (χ2v) is 66.2. The quantitative estimate of drug-likeness (QED) is 0.0641. The maximum atomic E-state index is 12.9. The van der Waals surface area contributed by atoms with Crippen LogP contribution >= 0.6 is 99.9 Å². The predicted octanol–water partition coefficient (Wildman–Crippen LogP) is 16.8. The van der Waals surface area contributed by atoms with E-state index in [4.69, 9.17) is 14.1 Å². The van der Waals surface area contributed by atoms with Gasteiger partial charge in [0.1, 0.15) is 42.5 Å². The van der Waals surface area contributed by atoms with Crippen LogP contribution < -0.4 is 0 Å². The molecule has 3 aliphatic heterocycles. The van der Waals surface area contributed by atoms with Gasteiger partial charge in [0.2, 0.25) is 11.8 Å². The van der Waals surface area contributed by atoms with Crippen LogP contribution in [0.5, 0.6) is 0 Å². The summed E-state index contributed by atoms with van der Waals surface area (Å²) >= 11 is 12.1. The minimum absolute atomic E-state index is 0.0609. The maximum absolute atomic E-state index is 12.9. The summed E-state index contributed by atoms with van der Waals surface area (Å²) in [6, 6.07) is 50.2. The van der Waals surface area contributed by atoms with Gasteiger partial charge < -0.3 is 19.2 Å². The molecule has 0 spiro atoms. The van der Waals surface area contributed by atoms with E-state index in [9.17, 15) is 37.9 Å². The molecule has 421 valence electrons.